The summed E-state index contributed by atoms with van der Waals surface area (Å²) in [6, 6.07) is 11.5. The van der Waals surface area contributed by atoms with E-state index in [9.17, 15) is 4.79 Å². The van der Waals surface area contributed by atoms with E-state index in [2.05, 4.69) is 15.4 Å². The van der Waals surface area contributed by atoms with Crippen LogP contribution in [0.25, 0.3) is 11.3 Å². The molecule has 4 aromatic rings. The summed E-state index contributed by atoms with van der Waals surface area (Å²) in [5.41, 5.74) is 2.71. The second-order valence-electron chi connectivity index (χ2n) is 6.00. The van der Waals surface area contributed by atoms with Crippen molar-refractivity contribution in [3.63, 3.8) is 0 Å². The lowest BCUT2D eigenvalue weighted by Gasteiger charge is -2.03. The maximum Gasteiger partial charge on any atom is 0.267 e. The van der Waals surface area contributed by atoms with Crippen molar-refractivity contribution in [3.05, 3.63) is 70.0 Å². The molecular formula is C20H18N4O2S2. The molecule has 0 aliphatic rings. The molecule has 8 heteroatoms. The Bertz CT molecular complexity index is 1070. The molecule has 3 heterocycles. The van der Waals surface area contributed by atoms with Gasteiger partial charge in [0.25, 0.3) is 5.91 Å². The second kappa shape index (κ2) is 8.37. The van der Waals surface area contributed by atoms with Crippen LogP contribution in [0.3, 0.4) is 0 Å². The first kappa shape index (κ1) is 18.4. The van der Waals surface area contributed by atoms with Crippen LogP contribution in [0.15, 0.2) is 59.6 Å². The van der Waals surface area contributed by atoms with Gasteiger partial charge in [-0.05, 0) is 30.5 Å². The molecule has 0 bridgehead atoms. The summed E-state index contributed by atoms with van der Waals surface area (Å²) in [5, 5.41) is 11.5. The lowest BCUT2D eigenvalue weighted by atomic mass is 10.3. The third-order valence-corrected chi connectivity index (χ3v) is 5.74. The number of thiazole rings is 1. The Kier molecular flexibility index (Phi) is 5.50. The van der Waals surface area contributed by atoms with Crippen LogP contribution in [0.2, 0.25) is 0 Å². The van der Waals surface area contributed by atoms with Gasteiger partial charge in [-0.25, -0.2) is 4.98 Å². The number of thiophene rings is 1. The Morgan fingerprint density at radius 1 is 1.21 bits per heavy atom. The number of amides is 1. The first-order valence-electron chi connectivity index (χ1n) is 8.76. The number of carbonyl (C=O) groups excluding carboxylic acids is 1. The van der Waals surface area contributed by atoms with Crippen LogP contribution < -0.4 is 10.1 Å². The first-order chi connectivity index (χ1) is 13.7. The van der Waals surface area contributed by atoms with Crippen molar-refractivity contribution in [2.24, 2.45) is 0 Å². The van der Waals surface area contributed by atoms with Crippen LogP contribution in [0.4, 0.5) is 5.13 Å². The van der Waals surface area contributed by atoms with Gasteiger partial charge in [-0.2, -0.15) is 5.10 Å². The Morgan fingerprint density at radius 3 is 2.86 bits per heavy atom. The van der Waals surface area contributed by atoms with Gasteiger partial charge in [-0.1, -0.05) is 18.2 Å². The summed E-state index contributed by atoms with van der Waals surface area (Å²) < 4.78 is 7.57. The molecule has 3 aromatic heterocycles. The SMILES string of the molecule is CCn1cc(-c2csc(NC(=O)c3cc(COc4ccccc4)cs3)n2)cn1. The zero-order valence-corrected chi connectivity index (χ0v) is 16.8. The molecule has 28 heavy (non-hydrogen) atoms. The smallest absolute Gasteiger partial charge is 0.267 e. The van der Waals surface area contributed by atoms with Crippen molar-refractivity contribution in [1.29, 1.82) is 0 Å². The second-order valence-corrected chi connectivity index (χ2v) is 7.77. The highest BCUT2D eigenvalue weighted by molar-refractivity contribution is 7.14. The number of carbonyl (C=O) groups is 1. The minimum absolute atomic E-state index is 0.166. The fraction of sp³-hybridized carbons (Fsp3) is 0.150. The Morgan fingerprint density at radius 2 is 2.07 bits per heavy atom. The monoisotopic (exact) mass is 410 g/mol. The Labute approximate surface area is 170 Å². The highest BCUT2D eigenvalue weighted by Crippen LogP contribution is 2.26. The average molecular weight is 411 g/mol. The first-order valence-corrected chi connectivity index (χ1v) is 10.5. The molecular weight excluding hydrogens is 392 g/mol. The van der Waals surface area contributed by atoms with E-state index in [0.717, 1.165) is 29.1 Å². The number of ether oxygens (including phenoxy) is 1. The maximum atomic E-state index is 12.5. The van der Waals surface area contributed by atoms with Crippen molar-refractivity contribution in [2.75, 3.05) is 5.32 Å². The molecule has 142 valence electrons. The van der Waals surface area contributed by atoms with Gasteiger partial charge < -0.3 is 4.74 Å². The number of aromatic nitrogens is 3. The molecule has 0 radical (unpaired) electrons. The molecule has 1 amide bonds. The van der Waals surface area contributed by atoms with Crippen molar-refractivity contribution in [1.82, 2.24) is 14.8 Å². The van der Waals surface area contributed by atoms with Crippen molar-refractivity contribution in [2.45, 2.75) is 20.1 Å². The molecule has 4 rings (SSSR count). The van der Waals surface area contributed by atoms with Gasteiger partial charge in [0.05, 0.1) is 16.8 Å². The van der Waals surface area contributed by atoms with Crippen molar-refractivity contribution < 1.29 is 9.53 Å². The molecule has 0 unspecified atom stereocenters. The van der Waals surface area contributed by atoms with Crippen molar-refractivity contribution >= 4 is 33.7 Å². The van der Waals surface area contributed by atoms with E-state index < -0.39 is 0 Å². The third kappa shape index (κ3) is 4.29. The number of nitrogens with zero attached hydrogens (tertiary/aromatic N) is 3. The predicted molar refractivity (Wildman–Crippen MR) is 112 cm³/mol. The zero-order chi connectivity index (χ0) is 19.3. The summed E-state index contributed by atoms with van der Waals surface area (Å²) in [5.74, 6) is 0.641. The van der Waals surface area contributed by atoms with E-state index in [0.29, 0.717) is 16.6 Å². The molecule has 0 aliphatic heterocycles. The molecule has 0 saturated heterocycles. The fourth-order valence-electron chi connectivity index (χ4n) is 2.54. The largest absolute Gasteiger partial charge is 0.489 e. The maximum absolute atomic E-state index is 12.5. The third-order valence-electron chi connectivity index (χ3n) is 4.00. The normalized spacial score (nSPS) is 10.8. The minimum atomic E-state index is -0.166. The quantitative estimate of drug-likeness (QED) is 0.470. The van der Waals surface area contributed by atoms with Crippen molar-refractivity contribution in [3.8, 4) is 17.0 Å². The van der Waals surface area contributed by atoms with Gasteiger partial charge >= 0.3 is 0 Å². The van der Waals surface area contributed by atoms with Crippen LogP contribution >= 0.6 is 22.7 Å². The van der Waals surface area contributed by atoms with Crippen LogP contribution in [0.1, 0.15) is 22.2 Å². The van der Waals surface area contributed by atoms with Crippen LogP contribution in [-0.2, 0) is 13.2 Å². The molecule has 1 aromatic carbocycles. The molecule has 6 nitrogen and oxygen atoms in total. The number of nitrogens with one attached hydrogen (secondary N) is 1. The number of hydrogen-bond acceptors (Lipinski definition) is 6. The number of anilines is 1. The number of para-hydroxylation sites is 1. The molecule has 0 aliphatic carbocycles. The van der Waals surface area contributed by atoms with Gasteiger partial charge in [-0.15, -0.1) is 22.7 Å². The number of hydrogen-bond donors (Lipinski definition) is 1. The summed E-state index contributed by atoms with van der Waals surface area (Å²) in [6.07, 6.45) is 3.72. The Hall–Kier alpha value is -2.97. The van der Waals surface area contributed by atoms with E-state index in [-0.39, 0.29) is 5.91 Å². The highest BCUT2D eigenvalue weighted by Gasteiger charge is 2.13. The number of aryl methyl sites for hydroxylation is 1. The average Bonchev–Trinajstić information content (AvgIpc) is 3.47. The number of rotatable bonds is 7. The highest BCUT2D eigenvalue weighted by atomic mass is 32.1. The van der Waals surface area contributed by atoms with Crippen LogP contribution in [-0.4, -0.2) is 20.7 Å². The summed E-state index contributed by atoms with van der Waals surface area (Å²) in [4.78, 5) is 17.6. The minimum Gasteiger partial charge on any atom is -0.489 e. The summed E-state index contributed by atoms with van der Waals surface area (Å²) in [7, 11) is 0. The number of benzene rings is 1. The van der Waals surface area contributed by atoms with Crippen LogP contribution in [0, 0.1) is 0 Å². The molecule has 0 spiro atoms. The Balaban J connectivity index is 1.37. The topological polar surface area (TPSA) is 69.0 Å². The zero-order valence-electron chi connectivity index (χ0n) is 15.2. The van der Waals surface area contributed by atoms with E-state index in [1.807, 2.05) is 65.0 Å². The van der Waals surface area contributed by atoms with E-state index in [4.69, 9.17) is 4.74 Å². The fourth-order valence-corrected chi connectivity index (χ4v) is 4.05. The van der Waals surface area contributed by atoms with Crippen LogP contribution in [0.5, 0.6) is 5.75 Å². The molecule has 1 N–H and O–H groups in total. The standard InChI is InChI=1S/C20H18N4O2S2/c1-2-24-10-15(9-21-24)17-13-28-20(22-17)23-19(25)18-8-14(12-27-18)11-26-16-6-4-3-5-7-16/h3-10,12-13H,2,11H2,1H3,(H,22,23,25). The molecule has 0 atom stereocenters. The lowest BCUT2D eigenvalue weighted by molar-refractivity contribution is 0.103. The summed E-state index contributed by atoms with van der Waals surface area (Å²) in [6.45, 7) is 3.27. The van der Waals surface area contributed by atoms with Gasteiger partial charge in [0.2, 0.25) is 0 Å². The van der Waals surface area contributed by atoms with Gasteiger partial charge in [-0.3, -0.25) is 14.8 Å². The van der Waals surface area contributed by atoms with Gasteiger partial charge in [0.1, 0.15) is 12.4 Å². The summed E-state index contributed by atoms with van der Waals surface area (Å²) >= 11 is 2.79. The van der Waals surface area contributed by atoms with E-state index in [1.165, 1.54) is 22.7 Å². The van der Waals surface area contributed by atoms with E-state index >= 15 is 0 Å². The van der Waals surface area contributed by atoms with Gasteiger partial charge in [0.15, 0.2) is 5.13 Å². The van der Waals surface area contributed by atoms with Gasteiger partial charge in [0, 0.05) is 29.2 Å². The molecule has 0 saturated carbocycles. The van der Waals surface area contributed by atoms with E-state index in [1.54, 1.807) is 6.20 Å². The molecule has 0 fully saturated rings. The predicted octanol–water partition coefficient (Wildman–Crippen LogP) is 4.92. The lowest BCUT2D eigenvalue weighted by Crippen LogP contribution is -2.09.